The van der Waals surface area contributed by atoms with Crippen molar-refractivity contribution in [2.75, 3.05) is 7.11 Å². The average molecular weight is 232 g/mol. The molecule has 0 radical (unpaired) electrons. The van der Waals surface area contributed by atoms with Gasteiger partial charge in [0.05, 0.1) is 7.11 Å². The van der Waals surface area contributed by atoms with Gasteiger partial charge in [0.25, 0.3) is 0 Å². The van der Waals surface area contributed by atoms with Gasteiger partial charge in [-0.1, -0.05) is 24.0 Å². The molecule has 0 heterocycles. The number of benzene rings is 1. The van der Waals surface area contributed by atoms with Gasteiger partial charge >= 0.3 is 6.16 Å². The van der Waals surface area contributed by atoms with Crippen molar-refractivity contribution >= 4 is 6.16 Å². The smallest absolute Gasteiger partial charge is 0.438 e. The Morgan fingerprint density at radius 3 is 2.65 bits per heavy atom. The van der Waals surface area contributed by atoms with Gasteiger partial charge < -0.3 is 9.47 Å². The molecule has 3 heteroatoms. The molecule has 0 aliphatic heterocycles. The molecule has 0 fully saturated rings. The van der Waals surface area contributed by atoms with Crippen LogP contribution in [0.15, 0.2) is 24.3 Å². The standard InChI is InChI=1S/C14H16O3/c1-11-6-5-7-12(10-11)8-9-14(2,3)17-13(15)16-4/h5-7,10H,1-4H3. The summed E-state index contributed by atoms with van der Waals surface area (Å²) in [6.45, 7) is 5.43. The molecule has 1 aromatic rings. The van der Waals surface area contributed by atoms with Crippen molar-refractivity contribution in [3.63, 3.8) is 0 Å². The van der Waals surface area contributed by atoms with E-state index in [0.29, 0.717) is 0 Å². The fraction of sp³-hybridized carbons (Fsp3) is 0.357. The number of hydrogen-bond donors (Lipinski definition) is 0. The minimum Gasteiger partial charge on any atom is -0.438 e. The maximum atomic E-state index is 11.0. The molecule has 3 nitrogen and oxygen atoms in total. The molecule has 0 saturated heterocycles. The number of hydrogen-bond acceptors (Lipinski definition) is 3. The van der Waals surface area contributed by atoms with Crippen LogP contribution in [-0.2, 0) is 9.47 Å². The molecule has 0 bridgehead atoms. The summed E-state index contributed by atoms with van der Waals surface area (Å²) in [5, 5.41) is 0. The minimum atomic E-state index is -0.864. The van der Waals surface area contributed by atoms with E-state index in [0.717, 1.165) is 11.1 Å². The first-order valence-corrected chi connectivity index (χ1v) is 5.30. The third-order valence-electron chi connectivity index (χ3n) is 2.03. The molecule has 17 heavy (non-hydrogen) atoms. The van der Waals surface area contributed by atoms with Crippen LogP contribution in [0.3, 0.4) is 0 Å². The van der Waals surface area contributed by atoms with Crippen molar-refractivity contribution < 1.29 is 14.3 Å². The van der Waals surface area contributed by atoms with Crippen molar-refractivity contribution in [2.45, 2.75) is 26.4 Å². The summed E-state index contributed by atoms with van der Waals surface area (Å²) in [6, 6.07) is 7.82. The predicted octanol–water partition coefficient (Wildman–Crippen LogP) is 2.91. The van der Waals surface area contributed by atoms with Crippen LogP contribution in [0.1, 0.15) is 25.0 Å². The van der Waals surface area contributed by atoms with Crippen LogP contribution in [0.4, 0.5) is 4.79 Å². The Morgan fingerprint density at radius 2 is 2.06 bits per heavy atom. The Labute approximate surface area is 102 Å². The Bertz CT molecular complexity index is 464. The molecule has 0 unspecified atom stereocenters. The summed E-state index contributed by atoms with van der Waals surface area (Å²) in [5.41, 5.74) is 1.17. The molecular weight excluding hydrogens is 216 g/mol. The van der Waals surface area contributed by atoms with E-state index in [1.165, 1.54) is 7.11 Å². The Morgan fingerprint density at radius 1 is 1.35 bits per heavy atom. The van der Waals surface area contributed by atoms with E-state index in [2.05, 4.69) is 16.6 Å². The molecule has 1 rings (SSSR count). The second-order valence-corrected chi connectivity index (χ2v) is 4.19. The first-order valence-electron chi connectivity index (χ1n) is 5.30. The molecule has 90 valence electrons. The lowest BCUT2D eigenvalue weighted by molar-refractivity contribution is 0.0221. The Balaban J connectivity index is 2.80. The van der Waals surface area contributed by atoms with Crippen LogP contribution < -0.4 is 0 Å². The first kappa shape index (κ1) is 13.1. The predicted molar refractivity (Wildman–Crippen MR) is 65.6 cm³/mol. The van der Waals surface area contributed by atoms with Gasteiger partial charge in [-0.2, -0.15) is 0 Å². The number of aryl methyl sites for hydroxylation is 1. The van der Waals surface area contributed by atoms with Crippen LogP contribution in [0.2, 0.25) is 0 Å². The highest BCUT2D eigenvalue weighted by atomic mass is 16.7. The van der Waals surface area contributed by atoms with E-state index < -0.39 is 11.8 Å². The maximum Gasteiger partial charge on any atom is 0.509 e. The summed E-state index contributed by atoms with van der Waals surface area (Å²) < 4.78 is 9.43. The van der Waals surface area contributed by atoms with Crippen molar-refractivity contribution in [2.24, 2.45) is 0 Å². The number of carbonyl (C=O) groups excluding carboxylic acids is 1. The van der Waals surface area contributed by atoms with E-state index >= 15 is 0 Å². The highest BCUT2D eigenvalue weighted by Gasteiger charge is 2.20. The van der Waals surface area contributed by atoms with Gasteiger partial charge in [0, 0.05) is 5.56 Å². The summed E-state index contributed by atoms with van der Waals surface area (Å²) in [7, 11) is 1.27. The third-order valence-corrected chi connectivity index (χ3v) is 2.03. The van der Waals surface area contributed by atoms with Crippen molar-refractivity contribution in [3.8, 4) is 11.8 Å². The van der Waals surface area contributed by atoms with Gasteiger partial charge in [0.15, 0.2) is 5.60 Å². The minimum absolute atomic E-state index is 0.728. The fourth-order valence-electron chi connectivity index (χ4n) is 1.22. The second-order valence-electron chi connectivity index (χ2n) is 4.19. The normalized spacial score (nSPS) is 10.1. The highest BCUT2D eigenvalue weighted by Crippen LogP contribution is 2.09. The zero-order valence-electron chi connectivity index (χ0n) is 10.5. The van der Waals surface area contributed by atoms with E-state index in [1.54, 1.807) is 13.8 Å². The second kappa shape index (κ2) is 5.40. The molecule has 0 N–H and O–H groups in total. The van der Waals surface area contributed by atoms with Crippen LogP contribution in [0, 0.1) is 18.8 Å². The Kier molecular flexibility index (Phi) is 4.17. The summed E-state index contributed by atoms with van der Waals surface area (Å²) >= 11 is 0. The van der Waals surface area contributed by atoms with Gasteiger partial charge in [0.1, 0.15) is 0 Å². The van der Waals surface area contributed by atoms with Gasteiger partial charge in [-0.3, -0.25) is 0 Å². The zero-order valence-corrected chi connectivity index (χ0v) is 10.5. The number of ether oxygens (including phenoxy) is 2. The topological polar surface area (TPSA) is 35.5 Å². The SMILES string of the molecule is COC(=O)OC(C)(C)C#Cc1cccc(C)c1. The summed E-state index contributed by atoms with van der Waals surface area (Å²) in [5.74, 6) is 5.87. The Hall–Kier alpha value is -1.95. The fourth-order valence-corrected chi connectivity index (χ4v) is 1.22. The van der Waals surface area contributed by atoms with E-state index in [9.17, 15) is 4.79 Å². The molecule has 0 atom stereocenters. The van der Waals surface area contributed by atoms with Crippen LogP contribution in [0.25, 0.3) is 0 Å². The van der Waals surface area contributed by atoms with Crippen LogP contribution in [-0.4, -0.2) is 18.9 Å². The van der Waals surface area contributed by atoms with Gasteiger partial charge in [-0.25, -0.2) is 4.79 Å². The molecule has 0 aliphatic rings. The molecule has 0 spiro atoms. The number of methoxy groups -OCH3 is 1. The number of rotatable bonds is 1. The molecule has 0 amide bonds. The lowest BCUT2D eigenvalue weighted by atomic mass is 10.1. The summed E-state index contributed by atoms with van der Waals surface area (Å²) in [6.07, 6.45) is -0.728. The number of carbonyl (C=O) groups is 1. The molecule has 0 aliphatic carbocycles. The largest absolute Gasteiger partial charge is 0.509 e. The van der Waals surface area contributed by atoms with Gasteiger partial charge in [-0.15, -0.1) is 0 Å². The monoisotopic (exact) mass is 232 g/mol. The van der Waals surface area contributed by atoms with Crippen molar-refractivity contribution in [1.29, 1.82) is 0 Å². The quantitative estimate of drug-likeness (QED) is 0.551. The first-order chi connectivity index (χ1) is 7.93. The van der Waals surface area contributed by atoms with E-state index in [4.69, 9.17) is 4.74 Å². The molecule has 0 saturated carbocycles. The van der Waals surface area contributed by atoms with Gasteiger partial charge in [-0.05, 0) is 38.5 Å². The van der Waals surface area contributed by atoms with Crippen molar-refractivity contribution in [3.05, 3.63) is 35.4 Å². The molecular formula is C14H16O3. The van der Waals surface area contributed by atoms with E-state index in [-0.39, 0.29) is 0 Å². The summed E-state index contributed by atoms with van der Waals surface area (Å²) in [4.78, 5) is 11.0. The van der Waals surface area contributed by atoms with E-state index in [1.807, 2.05) is 31.2 Å². The van der Waals surface area contributed by atoms with Crippen molar-refractivity contribution in [1.82, 2.24) is 0 Å². The maximum absolute atomic E-state index is 11.0. The van der Waals surface area contributed by atoms with Gasteiger partial charge in [0.2, 0.25) is 0 Å². The third kappa shape index (κ3) is 4.60. The van der Waals surface area contributed by atoms with Crippen LogP contribution in [0.5, 0.6) is 0 Å². The molecule has 0 aromatic heterocycles. The molecule has 1 aromatic carbocycles. The average Bonchev–Trinajstić information content (AvgIpc) is 2.26. The van der Waals surface area contributed by atoms with Crippen LogP contribution >= 0.6 is 0 Å². The zero-order chi connectivity index (χ0) is 12.9. The lowest BCUT2D eigenvalue weighted by Crippen LogP contribution is -2.26. The lowest BCUT2D eigenvalue weighted by Gasteiger charge is -2.17. The highest BCUT2D eigenvalue weighted by molar-refractivity contribution is 5.61.